The summed E-state index contributed by atoms with van der Waals surface area (Å²) in [5, 5.41) is 0. The van der Waals surface area contributed by atoms with E-state index in [2.05, 4.69) is 66.4 Å². The van der Waals surface area contributed by atoms with Gasteiger partial charge in [0, 0.05) is 12.2 Å². The molecule has 1 nitrogen and oxygen atoms in total. The topological polar surface area (TPSA) is 3.24 Å². The van der Waals surface area contributed by atoms with Crippen LogP contribution in [-0.4, -0.2) is 6.54 Å². The fourth-order valence-electron chi connectivity index (χ4n) is 6.61. The van der Waals surface area contributed by atoms with E-state index >= 15 is 0 Å². The van der Waals surface area contributed by atoms with Crippen LogP contribution in [0.15, 0.2) is 54.6 Å². The Morgan fingerprint density at radius 1 is 0.923 bits per heavy atom. The van der Waals surface area contributed by atoms with Gasteiger partial charge in [0.1, 0.15) is 0 Å². The minimum Gasteiger partial charge on any atom is -0.364 e. The van der Waals surface area contributed by atoms with Gasteiger partial charge in [0.15, 0.2) is 0 Å². The second-order valence-corrected chi connectivity index (χ2v) is 9.05. The third-order valence-electron chi connectivity index (χ3n) is 7.70. The third-order valence-corrected chi connectivity index (χ3v) is 7.70. The van der Waals surface area contributed by atoms with Crippen molar-refractivity contribution in [1.29, 1.82) is 0 Å². The maximum Gasteiger partial charge on any atom is 0.0601 e. The predicted octanol–water partition coefficient (Wildman–Crippen LogP) is 6.40. The van der Waals surface area contributed by atoms with Gasteiger partial charge in [0.25, 0.3) is 0 Å². The van der Waals surface area contributed by atoms with E-state index in [1.165, 1.54) is 50.6 Å². The van der Waals surface area contributed by atoms with Gasteiger partial charge in [0.2, 0.25) is 0 Å². The van der Waals surface area contributed by atoms with Gasteiger partial charge in [-0.2, -0.15) is 0 Å². The number of fused-ring (bicyclic) bond motifs is 3. The van der Waals surface area contributed by atoms with Crippen molar-refractivity contribution in [3.8, 4) is 0 Å². The first-order valence-electron chi connectivity index (χ1n) is 10.7. The van der Waals surface area contributed by atoms with Crippen LogP contribution in [0.25, 0.3) is 0 Å². The highest BCUT2D eigenvalue weighted by Crippen LogP contribution is 2.60. The largest absolute Gasteiger partial charge is 0.364 e. The minimum atomic E-state index is 0.441. The van der Waals surface area contributed by atoms with E-state index < -0.39 is 0 Å². The average Bonchev–Trinajstić information content (AvgIpc) is 3.06. The second-order valence-electron chi connectivity index (χ2n) is 9.05. The number of rotatable bonds is 3. The van der Waals surface area contributed by atoms with Gasteiger partial charge in [-0.15, -0.1) is 0 Å². The highest BCUT2D eigenvalue weighted by molar-refractivity contribution is 5.53. The molecule has 2 saturated carbocycles. The van der Waals surface area contributed by atoms with E-state index in [0.29, 0.717) is 11.5 Å². The maximum absolute atomic E-state index is 2.76. The van der Waals surface area contributed by atoms with Crippen molar-refractivity contribution in [2.75, 3.05) is 11.4 Å². The number of para-hydroxylation sites is 1. The standard InChI is InChI=1S/C25H31N/c1-2-25(17-19-12-13-20(16-19)18-25)24-23-11-7-6-8-21(23)14-15-26(24)22-9-4-3-5-10-22/h3-11,19-20,24H,2,12-18H2,1H3. The molecule has 0 radical (unpaired) electrons. The van der Waals surface area contributed by atoms with Crippen molar-refractivity contribution in [3.05, 3.63) is 65.7 Å². The van der Waals surface area contributed by atoms with Gasteiger partial charge >= 0.3 is 0 Å². The normalized spacial score (nSPS) is 33.1. The molecule has 0 amide bonds. The van der Waals surface area contributed by atoms with Gasteiger partial charge in [-0.3, -0.25) is 0 Å². The quantitative estimate of drug-likeness (QED) is 0.622. The third kappa shape index (κ3) is 2.59. The molecular formula is C25H31N. The zero-order chi connectivity index (χ0) is 17.6. The molecule has 0 spiro atoms. The van der Waals surface area contributed by atoms with Crippen LogP contribution < -0.4 is 4.90 Å². The molecule has 2 bridgehead atoms. The number of anilines is 1. The summed E-state index contributed by atoms with van der Waals surface area (Å²) in [6, 6.07) is 21.1. The van der Waals surface area contributed by atoms with Gasteiger partial charge in [-0.25, -0.2) is 0 Å². The first-order valence-corrected chi connectivity index (χ1v) is 10.7. The van der Waals surface area contributed by atoms with E-state index in [0.717, 1.165) is 18.4 Å². The number of benzene rings is 2. The highest BCUT2D eigenvalue weighted by Gasteiger charge is 2.50. The van der Waals surface area contributed by atoms with Gasteiger partial charge in [-0.05, 0) is 72.6 Å². The Hall–Kier alpha value is -1.76. The highest BCUT2D eigenvalue weighted by atomic mass is 15.2. The molecule has 136 valence electrons. The van der Waals surface area contributed by atoms with Crippen molar-refractivity contribution in [1.82, 2.24) is 0 Å². The van der Waals surface area contributed by atoms with E-state index in [4.69, 9.17) is 0 Å². The van der Waals surface area contributed by atoms with Crippen LogP contribution in [0.4, 0.5) is 5.69 Å². The second kappa shape index (κ2) is 6.44. The molecule has 2 aromatic carbocycles. The van der Waals surface area contributed by atoms with Crippen molar-refractivity contribution in [2.45, 2.75) is 57.9 Å². The Kier molecular flexibility index (Phi) is 4.07. The van der Waals surface area contributed by atoms with Crippen molar-refractivity contribution < 1.29 is 0 Å². The van der Waals surface area contributed by atoms with Crippen LogP contribution in [0.3, 0.4) is 0 Å². The molecule has 0 aromatic heterocycles. The van der Waals surface area contributed by atoms with Crippen molar-refractivity contribution in [2.24, 2.45) is 17.3 Å². The molecule has 1 heteroatoms. The Morgan fingerprint density at radius 2 is 1.62 bits per heavy atom. The zero-order valence-electron chi connectivity index (χ0n) is 16.0. The monoisotopic (exact) mass is 345 g/mol. The maximum atomic E-state index is 2.76. The van der Waals surface area contributed by atoms with Crippen LogP contribution in [0, 0.1) is 17.3 Å². The Balaban J connectivity index is 1.63. The summed E-state index contributed by atoms with van der Waals surface area (Å²) in [5.41, 5.74) is 5.06. The molecular weight excluding hydrogens is 314 g/mol. The van der Waals surface area contributed by atoms with Crippen LogP contribution in [-0.2, 0) is 6.42 Å². The molecule has 2 aromatic rings. The van der Waals surface area contributed by atoms with Gasteiger partial charge in [0.05, 0.1) is 6.04 Å². The first kappa shape index (κ1) is 16.4. The van der Waals surface area contributed by atoms with Crippen LogP contribution >= 0.6 is 0 Å². The van der Waals surface area contributed by atoms with Crippen LogP contribution in [0.5, 0.6) is 0 Å². The number of hydrogen-bond donors (Lipinski definition) is 0. The summed E-state index contributed by atoms with van der Waals surface area (Å²) in [4.78, 5) is 2.76. The summed E-state index contributed by atoms with van der Waals surface area (Å²) in [6.45, 7) is 3.62. The molecule has 1 heterocycles. The SMILES string of the molecule is CCC1(C2c3ccccc3CCN2c2ccccc2)CC2CCC(C2)C1. The Labute approximate surface area is 158 Å². The van der Waals surface area contributed by atoms with E-state index in [1.807, 2.05) is 0 Å². The summed E-state index contributed by atoms with van der Waals surface area (Å²) in [7, 11) is 0. The lowest BCUT2D eigenvalue weighted by molar-refractivity contribution is 0.0840. The van der Waals surface area contributed by atoms with E-state index in [-0.39, 0.29) is 0 Å². The van der Waals surface area contributed by atoms with Crippen molar-refractivity contribution >= 4 is 5.69 Å². The lowest BCUT2D eigenvalue weighted by atomic mass is 9.60. The molecule has 3 unspecified atom stereocenters. The zero-order valence-corrected chi connectivity index (χ0v) is 16.0. The average molecular weight is 346 g/mol. The molecule has 3 atom stereocenters. The Bertz CT molecular complexity index is 753. The summed E-state index contributed by atoms with van der Waals surface area (Å²) in [5.74, 6) is 1.95. The number of nitrogens with zero attached hydrogens (tertiary/aromatic N) is 1. The van der Waals surface area contributed by atoms with Gasteiger partial charge < -0.3 is 4.90 Å². The van der Waals surface area contributed by atoms with Crippen molar-refractivity contribution in [3.63, 3.8) is 0 Å². The first-order chi connectivity index (χ1) is 12.8. The smallest absolute Gasteiger partial charge is 0.0601 e. The van der Waals surface area contributed by atoms with E-state index in [9.17, 15) is 0 Å². The molecule has 0 saturated heterocycles. The summed E-state index contributed by atoms with van der Waals surface area (Å²) in [6.07, 6.45) is 9.81. The fraction of sp³-hybridized carbons (Fsp3) is 0.520. The van der Waals surface area contributed by atoms with Gasteiger partial charge in [-0.1, -0.05) is 62.2 Å². The number of hydrogen-bond acceptors (Lipinski definition) is 1. The molecule has 2 fully saturated rings. The lowest BCUT2D eigenvalue weighted by Gasteiger charge is -2.53. The molecule has 3 aliphatic rings. The molecule has 2 aliphatic carbocycles. The minimum absolute atomic E-state index is 0.441. The molecule has 26 heavy (non-hydrogen) atoms. The Morgan fingerprint density at radius 3 is 2.35 bits per heavy atom. The predicted molar refractivity (Wildman–Crippen MR) is 109 cm³/mol. The summed E-state index contributed by atoms with van der Waals surface area (Å²) >= 11 is 0. The lowest BCUT2D eigenvalue weighted by Crippen LogP contribution is -2.47. The fourth-order valence-corrected chi connectivity index (χ4v) is 6.61. The van der Waals surface area contributed by atoms with Crippen LogP contribution in [0.2, 0.25) is 0 Å². The molecule has 1 aliphatic heterocycles. The van der Waals surface area contributed by atoms with Crippen LogP contribution in [0.1, 0.15) is 62.6 Å². The van der Waals surface area contributed by atoms with E-state index in [1.54, 1.807) is 11.1 Å². The molecule has 5 rings (SSSR count). The molecule has 0 N–H and O–H groups in total. The summed E-state index contributed by atoms with van der Waals surface area (Å²) < 4.78 is 0.